The fourth-order valence-electron chi connectivity index (χ4n) is 2.57. The van der Waals surface area contributed by atoms with Crippen LogP contribution in [0, 0.1) is 12.8 Å². The molecule has 0 aliphatic carbocycles. The van der Waals surface area contributed by atoms with Gasteiger partial charge in [0.2, 0.25) is 5.95 Å². The number of rotatable bonds is 3. The van der Waals surface area contributed by atoms with Crippen molar-refractivity contribution in [2.45, 2.75) is 19.8 Å². The van der Waals surface area contributed by atoms with E-state index in [1.54, 1.807) is 12.4 Å². The third-order valence-electron chi connectivity index (χ3n) is 3.83. The smallest absolute Gasteiger partial charge is 0.306 e. The van der Waals surface area contributed by atoms with Gasteiger partial charge in [0.1, 0.15) is 11.6 Å². The first-order valence-corrected chi connectivity index (χ1v) is 6.96. The Bertz CT molecular complexity index is 646. The van der Waals surface area contributed by atoms with Gasteiger partial charge in [-0.15, -0.1) is 0 Å². The number of carboxylic acid groups (broad SMARTS) is 1. The van der Waals surface area contributed by atoms with Crippen LogP contribution in [0.2, 0.25) is 0 Å². The lowest BCUT2D eigenvalue weighted by Gasteiger charge is -2.30. The molecule has 0 saturated carbocycles. The molecule has 2 aromatic rings. The van der Waals surface area contributed by atoms with Gasteiger partial charge in [-0.3, -0.25) is 9.36 Å². The van der Waals surface area contributed by atoms with E-state index < -0.39 is 5.97 Å². The minimum Gasteiger partial charge on any atom is -0.481 e. The van der Waals surface area contributed by atoms with E-state index in [1.165, 1.54) is 0 Å². The second-order valence-corrected chi connectivity index (χ2v) is 5.16. The van der Waals surface area contributed by atoms with Gasteiger partial charge in [0, 0.05) is 31.7 Å². The maximum atomic E-state index is 11.0. The number of carbonyl (C=O) groups is 1. The summed E-state index contributed by atoms with van der Waals surface area (Å²) >= 11 is 0. The van der Waals surface area contributed by atoms with Gasteiger partial charge < -0.3 is 10.0 Å². The fourth-order valence-corrected chi connectivity index (χ4v) is 2.57. The summed E-state index contributed by atoms with van der Waals surface area (Å²) in [7, 11) is 0. The van der Waals surface area contributed by atoms with Crippen molar-refractivity contribution in [1.29, 1.82) is 0 Å². The number of aromatic nitrogens is 4. The van der Waals surface area contributed by atoms with Crippen molar-refractivity contribution in [3.8, 4) is 5.82 Å². The van der Waals surface area contributed by atoms with Crippen molar-refractivity contribution >= 4 is 11.9 Å². The van der Waals surface area contributed by atoms with Crippen LogP contribution >= 0.6 is 0 Å². The molecule has 0 spiro atoms. The third-order valence-corrected chi connectivity index (χ3v) is 3.83. The summed E-state index contributed by atoms with van der Waals surface area (Å²) in [4.78, 5) is 26.1. The molecule has 1 aliphatic heterocycles. The molecule has 2 aromatic heterocycles. The van der Waals surface area contributed by atoms with Crippen molar-refractivity contribution in [2.75, 3.05) is 18.0 Å². The number of aliphatic carboxylic acids is 1. The van der Waals surface area contributed by atoms with Crippen molar-refractivity contribution in [1.82, 2.24) is 19.5 Å². The monoisotopic (exact) mass is 287 g/mol. The number of piperidine rings is 1. The predicted octanol–water partition coefficient (Wildman–Crippen LogP) is 1.27. The van der Waals surface area contributed by atoms with Crippen LogP contribution in [-0.2, 0) is 4.79 Å². The molecule has 0 atom stereocenters. The van der Waals surface area contributed by atoms with Crippen LogP contribution < -0.4 is 4.90 Å². The molecule has 0 amide bonds. The molecule has 1 fully saturated rings. The number of aryl methyl sites for hydroxylation is 1. The summed E-state index contributed by atoms with van der Waals surface area (Å²) in [5.41, 5.74) is 0. The van der Waals surface area contributed by atoms with Crippen molar-refractivity contribution in [3.63, 3.8) is 0 Å². The van der Waals surface area contributed by atoms with Gasteiger partial charge in [-0.2, -0.15) is 4.98 Å². The van der Waals surface area contributed by atoms with Crippen LogP contribution in [0.1, 0.15) is 18.7 Å². The Kier molecular flexibility index (Phi) is 3.55. The second kappa shape index (κ2) is 5.51. The van der Waals surface area contributed by atoms with Crippen LogP contribution in [0.25, 0.3) is 5.82 Å². The van der Waals surface area contributed by atoms with E-state index in [0.717, 1.165) is 11.6 Å². The van der Waals surface area contributed by atoms with Crippen LogP contribution in [0.15, 0.2) is 24.7 Å². The average Bonchev–Trinajstić information content (AvgIpc) is 2.94. The summed E-state index contributed by atoms with van der Waals surface area (Å²) < 4.78 is 1.90. The summed E-state index contributed by atoms with van der Waals surface area (Å²) in [6, 6.07) is 1.84. The first-order valence-electron chi connectivity index (χ1n) is 6.96. The summed E-state index contributed by atoms with van der Waals surface area (Å²) in [6.07, 6.45) is 6.58. The molecule has 3 heterocycles. The van der Waals surface area contributed by atoms with Crippen molar-refractivity contribution in [2.24, 2.45) is 5.92 Å². The zero-order chi connectivity index (χ0) is 14.8. The molecule has 0 bridgehead atoms. The number of anilines is 1. The largest absolute Gasteiger partial charge is 0.481 e. The fraction of sp³-hybridized carbons (Fsp3) is 0.429. The Morgan fingerprint density at radius 3 is 2.67 bits per heavy atom. The van der Waals surface area contributed by atoms with E-state index in [-0.39, 0.29) is 5.92 Å². The van der Waals surface area contributed by atoms with E-state index in [9.17, 15) is 4.79 Å². The quantitative estimate of drug-likeness (QED) is 0.915. The number of nitrogens with zero attached hydrogens (tertiary/aromatic N) is 5. The summed E-state index contributed by atoms with van der Waals surface area (Å²) in [5, 5.41) is 9.03. The lowest BCUT2D eigenvalue weighted by atomic mass is 9.97. The van der Waals surface area contributed by atoms with Gasteiger partial charge in [0.05, 0.1) is 5.92 Å². The molecule has 1 N–H and O–H groups in total. The molecule has 110 valence electrons. The lowest BCUT2D eigenvalue weighted by molar-refractivity contribution is -0.142. The van der Waals surface area contributed by atoms with Gasteiger partial charge in [-0.05, 0) is 25.8 Å². The van der Waals surface area contributed by atoms with Crippen LogP contribution in [-0.4, -0.2) is 43.7 Å². The Balaban J connectivity index is 1.78. The number of hydrogen-bond acceptors (Lipinski definition) is 5. The minimum absolute atomic E-state index is 0.250. The Hall–Kier alpha value is -2.44. The topological polar surface area (TPSA) is 84.1 Å². The molecule has 1 saturated heterocycles. The maximum absolute atomic E-state index is 11.0. The lowest BCUT2D eigenvalue weighted by Crippen LogP contribution is -2.37. The first-order chi connectivity index (χ1) is 10.1. The van der Waals surface area contributed by atoms with Crippen LogP contribution in [0.3, 0.4) is 0 Å². The van der Waals surface area contributed by atoms with Gasteiger partial charge >= 0.3 is 5.97 Å². The molecule has 0 unspecified atom stereocenters. The normalized spacial score (nSPS) is 16.1. The number of hydrogen-bond donors (Lipinski definition) is 1. The van der Waals surface area contributed by atoms with Gasteiger partial charge in [-0.25, -0.2) is 9.97 Å². The van der Waals surface area contributed by atoms with Gasteiger partial charge in [-0.1, -0.05) is 0 Å². The van der Waals surface area contributed by atoms with Crippen molar-refractivity contribution in [3.05, 3.63) is 30.5 Å². The summed E-state index contributed by atoms with van der Waals surface area (Å²) in [6.45, 7) is 3.26. The van der Waals surface area contributed by atoms with E-state index in [0.29, 0.717) is 31.9 Å². The number of imidazole rings is 1. The molecule has 1 aliphatic rings. The molecule has 7 heteroatoms. The summed E-state index contributed by atoms with van der Waals surface area (Å²) in [5.74, 6) is 1.32. The average molecular weight is 287 g/mol. The molecule has 0 radical (unpaired) electrons. The second-order valence-electron chi connectivity index (χ2n) is 5.16. The minimum atomic E-state index is -0.710. The van der Waals surface area contributed by atoms with E-state index in [1.807, 2.05) is 28.7 Å². The van der Waals surface area contributed by atoms with E-state index in [2.05, 4.69) is 15.0 Å². The van der Waals surface area contributed by atoms with E-state index >= 15 is 0 Å². The molecule has 7 nitrogen and oxygen atoms in total. The highest BCUT2D eigenvalue weighted by atomic mass is 16.4. The Morgan fingerprint density at radius 1 is 1.29 bits per heavy atom. The zero-order valence-electron chi connectivity index (χ0n) is 11.8. The van der Waals surface area contributed by atoms with Crippen molar-refractivity contribution < 1.29 is 9.90 Å². The maximum Gasteiger partial charge on any atom is 0.306 e. The Morgan fingerprint density at radius 2 is 2.05 bits per heavy atom. The zero-order valence-corrected chi connectivity index (χ0v) is 11.8. The van der Waals surface area contributed by atoms with Gasteiger partial charge in [0.25, 0.3) is 0 Å². The predicted molar refractivity (Wildman–Crippen MR) is 76.5 cm³/mol. The van der Waals surface area contributed by atoms with Crippen LogP contribution in [0.5, 0.6) is 0 Å². The molecule has 21 heavy (non-hydrogen) atoms. The highest BCUT2D eigenvalue weighted by Crippen LogP contribution is 2.21. The third kappa shape index (κ3) is 2.72. The molecular formula is C14H17N5O2. The highest BCUT2D eigenvalue weighted by Gasteiger charge is 2.25. The highest BCUT2D eigenvalue weighted by molar-refractivity contribution is 5.70. The van der Waals surface area contributed by atoms with Crippen LogP contribution in [0.4, 0.5) is 5.95 Å². The Labute approximate surface area is 122 Å². The SMILES string of the molecule is Cc1nccn1-c1ccnc(N2CCC(C(=O)O)CC2)n1. The van der Waals surface area contributed by atoms with E-state index in [4.69, 9.17) is 5.11 Å². The number of carboxylic acids is 1. The molecule has 3 rings (SSSR count). The first kappa shape index (κ1) is 13.5. The molecule has 0 aromatic carbocycles. The standard InChI is InChI=1S/C14H17N5O2/c1-10-15-6-9-19(10)12-2-5-16-14(17-12)18-7-3-11(4-8-18)13(20)21/h2,5-6,9,11H,3-4,7-8H2,1H3,(H,20,21). The molecular weight excluding hydrogens is 270 g/mol. The van der Waals surface area contributed by atoms with Gasteiger partial charge in [0.15, 0.2) is 0 Å².